The van der Waals surface area contributed by atoms with Crippen LogP contribution in [-0.2, 0) is 11.2 Å². The van der Waals surface area contributed by atoms with Crippen LogP contribution in [-0.4, -0.2) is 96.6 Å². The fourth-order valence-electron chi connectivity index (χ4n) is 7.73. The lowest BCUT2D eigenvalue weighted by molar-refractivity contribution is -0.126. The summed E-state index contributed by atoms with van der Waals surface area (Å²) in [6.07, 6.45) is 22.7. The first-order chi connectivity index (χ1) is 23.4. The average Bonchev–Trinajstić information content (AvgIpc) is 3.14. The van der Waals surface area contributed by atoms with Crippen molar-refractivity contribution in [1.29, 1.82) is 0 Å². The molecule has 5 aliphatic rings. The van der Waals surface area contributed by atoms with Gasteiger partial charge in [-0.25, -0.2) is 0 Å². The van der Waals surface area contributed by atoms with Crippen molar-refractivity contribution in [2.24, 2.45) is 5.41 Å². The van der Waals surface area contributed by atoms with Crippen LogP contribution in [0.15, 0.2) is 81.3 Å². The molecule has 0 N–H and O–H groups in total. The lowest BCUT2D eigenvalue weighted by atomic mass is 9.75. The zero-order valence-electron chi connectivity index (χ0n) is 28.3. The van der Waals surface area contributed by atoms with E-state index in [9.17, 15) is 14.4 Å². The van der Waals surface area contributed by atoms with Gasteiger partial charge in [0.15, 0.2) is 11.2 Å². The monoisotopic (exact) mass is 648 g/mol. The predicted molar refractivity (Wildman–Crippen MR) is 191 cm³/mol. The van der Waals surface area contributed by atoms with E-state index in [1.807, 2.05) is 13.0 Å². The van der Waals surface area contributed by atoms with Crippen molar-refractivity contribution >= 4 is 28.6 Å². The Kier molecular flexibility index (Phi) is 9.64. The van der Waals surface area contributed by atoms with Crippen LogP contribution >= 0.6 is 0 Å². The molecule has 0 saturated carbocycles. The second-order valence-corrected chi connectivity index (χ2v) is 14.1. The lowest BCUT2D eigenvalue weighted by Gasteiger charge is -2.37. The standard InChI is InChI=1S/C40H48N4O4/c1-40(38(46)16-19-42-22-26-44(27-23-42)32-10-6-3-7-11-32)17-14-37-34(29-40)39(47)33-28-30(12-13-36(33)48-37)35(45)15-18-41-20-24-43(25-21-41)31-8-4-2-5-9-31/h2,4,6,8,10-14,17,28H,3,5,7,9,15-16,18-27,29H2,1H3. The molecule has 3 heterocycles. The Morgan fingerprint density at radius 1 is 0.854 bits per heavy atom. The van der Waals surface area contributed by atoms with Crippen LogP contribution in [0.25, 0.3) is 17.0 Å². The first-order valence-corrected chi connectivity index (χ1v) is 17.9. The number of benzene rings is 1. The number of hydrogen-bond acceptors (Lipinski definition) is 8. The predicted octanol–water partition coefficient (Wildman–Crippen LogP) is 5.60. The molecule has 2 aliphatic heterocycles. The molecular weight excluding hydrogens is 600 g/mol. The fraction of sp³-hybridized carbons (Fsp3) is 0.475. The maximum atomic E-state index is 13.8. The molecule has 252 valence electrons. The van der Waals surface area contributed by atoms with E-state index in [-0.39, 0.29) is 17.0 Å². The Morgan fingerprint density at radius 3 is 2.31 bits per heavy atom. The quantitative estimate of drug-likeness (QED) is 0.308. The molecule has 0 spiro atoms. The number of nitrogens with zero attached hydrogens (tertiary/aromatic N) is 4. The number of hydrogen-bond donors (Lipinski definition) is 0. The minimum Gasteiger partial charge on any atom is -0.456 e. The molecule has 0 radical (unpaired) electrons. The molecule has 48 heavy (non-hydrogen) atoms. The zero-order valence-corrected chi connectivity index (χ0v) is 28.3. The van der Waals surface area contributed by atoms with E-state index in [1.165, 1.54) is 11.4 Å². The summed E-state index contributed by atoms with van der Waals surface area (Å²) >= 11 is 0. The summed E-state index contributed by atoms with van der Waals surface area (Å²) in [5.74, 6) is 0.684. The van der Waals surface area contributed by atoms with Crippen molar-refractivity contribution in [1.82, 2.24) is 19.6 Å². The van der Waals surface area contributed by atoms with Gasteiger partial charge >= 0.3 is 0 Å². The van der Waals surface area contributed by atoms with Crippen LogP contribution in [0.1, 0.15) is 67.1 Å². The van der Waals surface area contributed by atoms with E-state index in [0.29, 0.717) is 53.7 Å². The smallest absolute Gasteiger partial charge is 0.196 e. The SMILES string of the molecule is CC1(C(=O)CCN2CCN(C3=CCCC=C3)CC2)C=Cc2oc3ccc(C(=O)CCN4CCN(C5=CC=CCC5)CC4)cc3c(=O)c2C1. The van der Waals surface area contributed by atoms with Gasteiger partial charge in [-0.1, -0.05) is 30.4 Å². The van der Waals surface area contributed by atoms with E-state index in [0.717, 1.165) is 84.6 Å². The van der Waals surface area contributed by atoms with Crippen molar-refractivity contribution < 1.29 is 14.0 Å². The van der Waals surface area contributed by atoms with Crippen molar-refractivity contribution in [2.75, 3.05) is 65.4 Å². The van der Waals surface area contributed by atoms with Gasteiger partial charge in [0.2, 0.25) is 0 Å². The molecule has 1 atom stereocenters. The van der Waals surface area contributed by atoms with Crippen LogP contribution < -0.4 is 5.43 Å². The molecule has 2 fully saturated rings. The second-order valence-electron chi connectivity index (χ2n) is 14.1. The number of carbonyl (C=O) groups is 2. The second kappa shape index (κ2) is 14.2. The highest BCUT2D eigenvalue weighted by Crippen LogP contribution is 2.34. The molecule has 0 bridgehead atoms. The van der Waals surface area contributed by atoms with Crippen LogP contribution in [0.4, 0.5) is 0 Å². The largest absolute Gasteiger partial charge is 0.456 e. The summed E-state index contributed by atoms with van der Waals surface area (Å²) in [4.78, 5) is 50.4. The molecule has 8 nitrogen and oxygen atoms in total. The summed E-state index contributed by atoms with van der Waals surface area (Å²) < 4.78 is 6.15. The van der Waals surface area contributed by atoms with E-state index in [4.69, 9.17) is 4.42 Å². The number of allylic oxidation sites excluding steroid dienone is 8. The maximum absolute atomic E-state index is 13.8. The average molecular weight is 649 g/mol. The third kappa shape index (κ3) is 7.06. The van der Waals surface area contributed by atoms with Gasteiger partial charge < -0.3 is 14.2 Å². The molecule has 7 rings (SSSR count). The van der Waals surface area contributed by atoms with E-state index < -0.39 is 5.41 Å². The van der Waals surface area contributed by atoms with Crippen LogP contribution in [0, 0.1) is 5.41 Å². The minimum absolute atomic E-state index is 0.0317. The molecule has 1 aromatic heterocycles. The summed E-state index contributed by atoms with van der Waals surface area (Å²) in [5, 5.41) is 0.411. The Labute approximate surface area is 283 Å². The number of fused-ring (bicyclic) bond motifs is 2. The summed E-state index contributed by atoms with van der Waals surface area (Å²) in [6, 6.07) is 5.20. The van der Waals surface area contributed by atoms with Gasteiger partial charge in [-0.15, -0.1) is 0 Å². The normalized spacial score (nSPS) is 23.3. The van der Waals surface area contributed by atoms with Gasteiger partial charge in [0.25, 0.3) is 0 Å². The molecular formula is C40H48N4O4. The van der Waals surface area contributed by atoms with Crippen molar-refractivity contribution in [3.05, 3.63) is 99.2 Å². The number of Topliss-reactive ketones (excluding diaryl/α,β-unsaturated/α-hetero) is 2. The molecule has 2 saturated heterocycles. The van der Waals surface area contributed by atoms with Gasteiger partial charge in [0.1, 0.15) is 17.1 Å². The Balaban J connectivity index is 0.947. The van der Waals surface area contributed by atoms with E-state index >= 15 is 0 Å². The molecule has 1 aromatic carbocycles. The molecule has 3 aliphatic carbocycles. The highest BCUT2D eigenvalue weighted by Gasteiger charge is 2.36. The van der Waals surface area contributed by atoms with Crippen LogP contribution in [0.2, 0.25) is 0 Å². The summed E-state index contributed by atoms with van der Waals surface area (Å²) in [7, 11) is 0. The van der Waals surface area contributed by atoms with Crippen molar-refractivity contribution in [2.45, 2.75) is 51.9 Å². The maximum Gasteiger partial charge on any atom is 0.196 e. The van der Waals surface area contributed by atoms with Crippen molar-refractivity contribution in [3.63, 3.8) is 0 Å². The van der Waals surface area contributed by atoms with Crippen LogP contribution in [0.3, 0.4) is 0 Å². The first-order valence-electron chi connectivity index (χ1n) is 17.9. The van der Waals surface area contributed by atoms with Crippen LogP contribution in [0.5, 0.6) is 0 Å². The van der Waals surface area contributed by atoms with E-state index in [2.05, 4.69) is 56.1 Å². The van der Waals surface area contributed by atoms with Gasteiger partial charge in [0.05, 0.1) is 5.39 Å². The molecule has 1 unspecified atom stereocenters. The number of piperazine rings is 2. The number of carbonyl (C=O) groups excluding carboxylic acids is 2. The zero-order chi connectivity index (χ0) is 33.1. The van der Waals surface area contributed by atoms with Gasteiger partial charge in [-0.05, 0) is 75.5 Å². The Bertz CT molecular complexity index is 1760. The van der Waals surface area contributed by atoms with Gasteiger partial charge in [-0.3, -0.25) is 24.2 Å². The highest BCUT2D eigenvalue weighted by molar-refractivity contribution is 5.99. The topological polar surface area (TPSA) is 77.3 Å². The Morgan fingerprint density at radius 2 is 1.60 bits per heavy atom. The lowest BCUT2D eigenvalue weighted by Crippen LogP contribution is -2.46. The van der Waals surface area contributed by atoms with Gasteiger partial charge in [0, 0.05) is 106 Å². The first kappa shape index (κ1) is 32.5. The molecule has 0 amide bonds. The van der Waals surface area contributed by atoms with Gasteiger partial charge in [-0.2, -0.15) is 0 Å². The molecule has 8 heteroatoms. The summed E-state index contributed by atoms with van der Waals surface area (Å²) in [5.41, 5.74) is 3.36. The summed E-state index contributed by atoms with van der Waals surface area (Å²) in [6.45, 7) is 11.1. The number of rotatable bonds is 10. The van der Waals surface area contributed by atoms with E-state index in [1.54, 1.807) is 24.3 Å². The third-order valence-corrected chi connectivity index (χ3v) is 10.9. The van der Waals surface area contributed by atoms with Crippen molar-refractivity contribution in [3.8, 4) is 0 Å². The fourth-order valence-corrected chi connectivity index (χ4v) is 7.73. The molecule has 2 aromatic rings. The Hall–Kier alpha value is -4.01. The highest BCUT2D eigenvalue weighted by atomic mass is 16.3. The third-order valence-electron chi connectivity index (χ3n) is 10.9. The minimum atomic E-state index is -0.767. The number of ketones is 2.